The molecule has 2 heteroatoms. The Morgan fingerprint density at radius 2 is 2.10 bits per heavy atom. The molecule has 3 rings (SSSR count). The monoisotopic (exact) mass is 287 g/mol. The van der Waals surface area contributed by atoms with E-state index in [1.165, 1.54) is 31.3 Å². The summed E-state index contributed by atoms with van der Waals surface area (Å²) >= 11 is 0. The quantitative estimate of drug-likeness (QED) is 0.671. The zero-order chi connectivity index (χ0) is 14.8. The van der Waals surface area contributed by atoms with Crippen molar-refractivity contribution in [1.29, 1.82) is 0 Å². The van der Waals surface area contributed by atoms with Crippen LogP contribution in [0.25, 0.3) is 0 Å². The van der Waals surface area contributed by atoms with Gasteiger partial charge >= 0.3 is 0 Å². The summed E-state index contributed by atoms with van der Waals surface area (Å²) in [7, 11) is 0. The van der Waals surface area contributed by atoms with Gasteiger partial charge < -0.3 is 4.90 Å². The first-order valence-corrected chi connectivity index (χ1v) is 8.74. The fourth-order valence-electron chi connectivity index (χ4n) is 3.40. The number of hydrogen-bond acceptors (Lipinski definition) is 1. The van der Waals surface area contributed by atoms with Crippen molar-refractivity contribution in [3.63, 3.8) is 0 Å². The number of carbonyl (C=O) groups excluding carboxylic acids is 1. The second-order valence-electron chi connectivity index (χ2n) is 7.52. The molecular formula is C19H29NO. The van der Waals surface area contributed by atoms with E-state index >= 15 is 0 Å². The first-order valence-electron chi connectivity index (χ1n) is 8.74. The molecular weight excluding hydrogens is 258 g/mol. The van der Waals surface area contributed by atoms with Gasteiger partial charge in [-0.05, 0) is 63.2 Å². The molecule has 2 saturated carbocycles. The van der Waals surface area contributed by atoms with Crippen LogP contribution in [0.2, 0.25) is 0 Å². The Balaban J connectivity index is 1.52. The van der Waals surface area contributed by atoms with Crippen LogP contribution in [0.5, 0.6) is 0 Å². The van der Waals surface area contributed by atoms with E-state index < -0.39 is 0 Å². The maximum absolute atomic E-state index is 12.3. The predicted molar refractivity (Wildman–Crippen MR) is 86.8 cm³/mol. The lowest BCUT2D eigenvalue weighted by atomic mass is 9.81. The van der Waals surface area contributed by atoms with Crippen molar-refractivity contribution < 1.29 is 4.79 Å². The van der Waals surface area contributed by atoms with Crippen molar-refractivity contribution in [2.45, 2.75) is 52.4 Å². The van der Waals surface area contributed by atoms with E-state index in [9.17, 15) is 4.79 Å². The number of carbonyl (C=O) groups is 1. The van der Waals surface area contributed by atoms with Crippen LogP contribution in [0.1, 0.15) is 52.4 Å². The SMILES string of the molecule is CC1=CCC(C=CCN(CC2CC2)C(=O)C2CC2)C(C)C1. The summed E-state index contributed by atoms with van der Waals surface area (Å²) in [5.74, 6) is 2.96. The molecule has 3 aliphatic rings. The molecule has 21 heavy (non-hydrogen) atoms. The Labute approximate surface area is 129 Å². The van der Waals surface area contributed by atoms with Gasteiger partial charge in [0.1, 0.15) is 0 Å². The van der Waals surface area contributed by atoms with Gasteiger partial charge in [0.2, 0.25) is 5.91 Å². The lowest BCUT2D eigenvalue weighted by Crippen LogP contribution is -2.34. The van der Waals surface area contributed by atoms with Crippen LogP contribution in [-0.4, -0.2) is 23.9 Å². The van der Waals surface area contributed by atoms with Gasteiger partial charge in [-0.1, -0.05) is 30.7 Å². The second kappa shape index (κ2) is 6.37. The fraction of sp³-hybridized carbons (Fsp3) is 0.737. The molecule has 0 spiro atoms. The topological polar surface area (TPSA) is 20.3 Å². The number of amides is 1. The van der Waals surface area contributed by atoms with Gasteiger partial charge in [-0.25, -0.2) is 0 Å². The summed E-state index contributed by atoms with van der Waals surface area (Å²) in [6.07, 6.45) is 14.3. The van der Waals surface area contributed by atoms with Gasteiger partial charge in [0, 0.05) is 19.0 Å². The van der Waals surface area contributed by atoms with E-state index in [4.69, 9.17) is 0 Å². The molecule has 116 valence electrons. The molecule has 0 radical (unpaired) electrons. The highest BCUT2D eigenvalue weighted by molar-refractivity contribution is 5.81. The Hall–Kier alpha value is -1.05. The molecule has 0 aromatic carbocycles. The molecule has 0 N–H and O–H groups in total. The first-order chi connectivity index (χ1) is 10.1. The van der Waals surface area contributed by atoms with Gasteiger partial charge in [-0.2, -0.15) is 0 Å². The summed E-state index contributed by atoms with van der Waals surface area (Å²) < 4.78 is 0. The van der Waals surface area contributed by atoms with Crippen LogP contribution in [0, 0.1) is 23.7 Å². The Morgan fingerprint density at radius 1 is 1.33 bits per heavy atom. The molecule has 2 unspecified atom stereocenters. The molecule has 2 fully saturated rings. The van der Waals surface area contributed by atoms with E-state index in [1.54, 1.807) is 0 Å². The maximum Gasteiger partial charge on any atom is 0.225 e. The highest BCUT2D eigenvalue weighted by atomic mass is 16.2. The smallest absolute Gasteiger partial charge is 0.225 e. The third kappa shape index (κ3) is 4.21. The molecule has 0 aliphatic heterocycles. The number of hydrogen-bond donors (Lipinski definition) is 0. The zero-order valence-corrected chi connectivity index (χ0v) is 13.6. The molecule has 0 bridgehead atoms. The molecule has 1 amide bonds. The molecule has 0 saturated heterocycles. The zero-order valence-electron chi connectivity index (χ0n) is 13.6. The van der Waals surface area contributed by atoms with Crippen molar-refractivity contribution in [3.05, 3.63) is 23.8 Å². The summed E-state index contributed by atoms with van der Waals surface area (Å²) in [4.78, 5) is 14.5. The summed E-state index contributed by atoms with van der Waals surface area (Å²) in [6, 6.07) is 0. The summed E-state index contributed by atoms with van der Waals surface area (Å²) in [6.45, 7) is 6.42. The van der Waals surface area contributed by atoms with Gasteiger partial charge in [0.15, 0.2) is 0 Å². The van der Waals surface area contributed by atoms with Crippen molar-refractivity contribution >= 4 is 5.91 Å². The van der Waals surface area contributed by atoms with Gasteiger partial charge in [-0.15, -0.1) is 0 Å². The van der Waals surface area contributed by atoms with Crippen LogP contribution >= 0.6 is 0 Å². The molecule has 0 aromatic heterocycles. The summed E-state index contributed by atoms with van der Waals surface area (Å²) in [5.41, 5.74) is 1.53. The average Bonchev–Trinajstić information content (AvgIpc) is 3.33. The molecule has 3 aliphatic carbocycles. The Kier molecular flexibility index (Phi) is 4.51. The first kappa shape index (κ1) is 14.9. The van der Waals surface area contributed by atoms with Crippen molar-refractivity contribution in [2.24, 2.45) is 23.7 Å². The van der Waals surface area contributed by atoms with Crippen LogP contribution in [0.15, 0.2) is 23.8 Å². The number of allylic oxidation sites excluding steroid dienone is 3. The normalized spacial score (nSPS) is 29.5. The third-order valence-corrected chi connectivity index (χ3v) is 5.24. The lowest BCUT2D eigenvalue weighted by Gasteiger charge is -2.26. The van der Waals surface area contributed by atoms with E-state index in [1.807, 2.05) is 0 Å². The standard InChI is InChI=1S/C19H29NO/c1-14-5-8-17(15(2)12-14)4-3-11-20(13-16-6-7-16)19(21)18-9-10-18/h3-5,15-18H,6-13H2,1-2H3. The Bertz CT molecular complexity index is 442. The van der Waals surface area contributed by atoms with Gasteiger partial charge in [0.05, 0.1) is 0 Å². The third-order valence-electron chi connectivity index (χ3n) is 5.24. The van der Waals surface area contributed by atoms with Crippen molar-refractivity contribution in [1.82, 2.24) is 4.90 Å². The minimum Gasteiger partial charge on any atom is -0.338 e. The fourth-order valence-corrected chi connectivity index (χ4v) is 3.40. The van der Waals surface area contributed by atoms with Crippen molar-refractivity contribution in [3.8, 4) is 0 Å². The largest absolute Gasteiger partial charge is 0.338 e. The molecule has 2 atom stereocenters. The van der Waals surface area contributed by atoms with Crippen LogP contribution in [0.4, 0.5) is 0 Å². The molecule has 0 aromatic rings. The van der Waals surface area contributed by atoms with E-state index in [0.29, 0.717) is 17.7 Å². The minimum absolute atomic E-state index is 0.358. The van der Waals surface area contributed by atoms with Crippen LogP contribution in [0.3, 0.4) is 0 Å². The second-order valence-corrected chi connectivity index (χ2v) is 7.52. The summed E-state index contributed by atoms with van der Waals surface area (Å²) in [5, 5.41) is 0. The molecule has 0 heterocycles. The highest BCUT2D eigenvalue weighted by Crippen LogP contribution is 2.35. The predicted octanol–water partition coefficient (Wildman–Crippen LogP) is 4.18. The van der Waals surface area contributed by atoms with E-state index in [2.05, 4.69) is 37.0 Å². The highest BCUT2D eigenvalue weighted by Gasteiger charge is 2.35. The Morgan fingerprint density at radius 3 is 2.71 bits per heavy atom. The van der Waals surface area contributed by atoms with E-state index in [0.717, 1.165) is 37.8 Å². The lowest BCUT2D eigenvalue weighted by molar-refractivity contribution is -0.132. The van der Waals surface area contributed by atoms with E-state index in [-0.39, 0.29) is 0 Å². The van der Waals surface area contributed by atoms with Crippen LogP contribution < -0.4 is 0 Å². The van der Waals surface area contributed by atoms with Gasteiger partial charge in [0.25, 0.3) is 0 Å². The molecule has 2 nitrogen and oxygen atoms in total. The van der Waals surface area contributed by atoms with Crippen molar-refractivity contribution in [2.75, 3.05) is 13.1 Å². The minimum atomic E-state index is 0.358. The maximum atomic E-state index is 12.3. The number of rotatable bonds is 6. The number of nitrogens with zero attached hydrogens (tertiary/aromatic N) is 1. The van der Waals surface area contributed by atoms with Crippen LogP contribution in [-0.2, 0) is 4.79 Å². The average molecular weight is 287 g/mol. The van der Waals surface area contributed by atoms with Gasteiger partial charge in [-0.3, -0.25) is 4.79 Å².